The first kappa shape index (κ1) is 21.6. The first-order valence-corrected chi connectivity index (χ1v) is 16.6. The molecule has 4 rings (SSSR count). The molecular formula is C24H27O3P3. The van der Waals surface area contributed by atoms with Crippen LogP contribution in [0.2, 0.25) is 0 Å². The molecule has 156 valence electrons. The van der Waals surface area contributed by atoms with Crippen molar-refractivity contribution in [3.05, 3.63) is 91.0 Å². The molecule has 0 aromatic heterocycles. The second kappa shape index (κ2) is 8.84. The van der Waals surface area contributed by atoms with E-state index in [0.717, 1.165) is 15.9 Å². The molecule has 6 heteroatoms. The molecule has 30 heavy (non-hydrogen) atoms. The van der Waals surface area contributed by atoms with Crippen LogP contribution in [0.1, 0.15) is 0 Å². The molecule has 3 nitrogen and oxygen atoms in total. The van der Waals surface area contributed by atoms with E-state index in [9.17, 15) is 13.7 Å². The Balaban J connectivity index is 1.79. The van der Waals surface area contributed by atoms with Crippen molar-refractivity contribution in [2.45, 2.75) is 0 Å². The molecule has 0 amide bonds. The lowest BCUT2D eigenvalue weighted by Gasteiger charge is -2.21. The van der Waals surface area contributed by atoms with E-state index in [0.29, 0.717) is 37.0 Å². The lowest BCUT2D eigenvalue weighted by Crippen LogP contribution is -2.17. The van der Waals surface area contributed by atoms with Crippen molar-refractivity contribution in [1.29, 1.82) is 0 Å². The lowest BCUT2D eigenvalue weighted by molar-refractivity contribution is 0.576. The van der Waals surface area contributed by atoms with Gasteiger partial charge in [-0.2, -0.15) is 0 Å². The van der Waals surface area contributed by atoms with E-state index in [1.807, 2.05) is 91.0 Å². The highest BCUT2D eigenvalue weighted by molar-refractivity contribution is 7.79. The summed E-state index contributed by atoms with van der Waals surface area (Å²) in [4.78, 5) is 0. The normalized spacial score (nSPS) is 30.0. The molecule has 3 aromatic rings. The van der Waals surface area contributed by atoms with E-state index in [1.54, 1.807) is 0 Å². The van der Waals surface area contributed by atoms with E-state index in [1.165, 1.54) is 0 Å². The monoisotopic (exact) mass is 456 g/mol. The molecule has 1 saturated heterocycles. The minimum Gasteiger partial charge on any atom is -0.319 e. The molecule has 0 saturated carbocycles. The zero-order chi connectivity index (χ0) is 21.1. The molecule has 1 fully saturated rings. The molecule has 0 radical (unpaired) electrons. The van der Waals surface area contributed by atoms with E-state index in [2.05, 4.69) is 0 Å². The summed E-state index contributed by atoms with van der Waals surface area (Å²) in [6, 6.07) is 28.5. The summed E-state index contributed by atoms with van der Waals surface area (Å²) in [5.41, 5.74) is 0. The Kier molecular flexibility index (Phi) is 6.36. The molecule has 0 N–H and O–H groups in total. The van der Waals surface area contributed by atoms with Gasteiger partial charge in [-0.15, -0.1) is 0 Å². The van der Waals surface area contributed by atoms with Gasteiger partial charge < -0.3 is 13.7 Å². The fourth-order valence-corrected chi connectivity index (χ4v) is 16.3. The molecule has 1 heterocycles. The number of benzene rings is 3. The summed E-state index contributed by atoms with van der Waals surface area (Å²) in [6.07, 6.45) is 2.40. The maximum Gasteiger partial charge on any atom is 0.116 e. The average molecular weight is 456 g/mol. The van der Waals surface area contributed by atoms with Crippen molar-refractivity contribution in [1.82, 2.24) is 0 Å². The van der Waals surface area contributed by atoms with Crippen molar-refractivity contribution in [2.24, 2.45) is 0 Å². The van der Waals surface area contributed by atoms with Gasteiger partial charge in [0.1, 0.15) is 21.4 Å². The first-order valence-electron chi connectivity index (χ1n) is 10.3. The Hall–Kier alpha value is -1.65. The van der Waals surface area contributed by atoms with Crippen LogP contribution in [0.25, 0.3) is 0 Å². The molecule has 3 aromatic carbocycles. The third-order valence-electron chi connectivity index (χ3n) is 6.15. The predicted octanol–water partition coefficient (Wildman–Crippen LogP) is 5.07. The Bertz CT molecular complexity index is 958. The van der Waals surface area contributed by atoms with E-state index < -0.39 is 21.4 Å². The van der Waals surface area contributed by atoms with Crippen LogP contribution in [0.3, 0.4) is 0 Å². The van der Waals surface area contributed by atoms with Crippen LogP contribution < -0.4 is 15.9 Å². The van der Waals surface area contributed by atoms with Crippen molar-refractivity contribution in [2.75, 3.05) is 37.0 Å². The Morgan fingerprint density at radius 2 is 0.567 bits per heavy atom. The SMILES string of the molecule is O=P1(c2ccccc2)CCP(=O)(c2ccccc2)CCP(=O)(c2ccccc2)CC1. The van der Waals surface area contributed by atoms with Crippen LogP contribution in [0.5, 0.6) is 0 Å². The van der Waals surface area contributed by atoms with E-state index in [4.69, 9.17) is 0 Å². The number of hydrogen-bond acceptors (Lipinski definition) is 3. The quantitative estimate of drug-likeness (QED) is 0.518. The van der Waals surface area contributed by atoms with Crippen molar-refractivity contribution < 1.29 is 13.7 Å². The highest BCUT2D eigenvalue weighted by atomic mass is 31.2. The molecule has 0 aliphatic carbocycles. The molecular weight excluding hydrogens is 429 g/mol. The Morgan fingerprint density at radius 1 is 0.367 bits per heavy atom. The summed E-state index contributed by atoms with van der Waals surface area (Å²) < 4.78 is 42.5. The second-order valence-electron chi connectivity index (χ2n) is 8.02. The van der Waals surface area contributed by atoms with Gasteiger partial charge in [-0.1, -0.05) is 91.0 Å². The molecule has 0 atom stereocenters. The van der Waals surface area contributed by atoms with Gasteiger partial charge in [-0.3, -0.25) is 0 Å². The van der Waals surface area contributed by atoms with Crippen LogP contribution in [0.4, 0.5) is 0 Å². The predicted molar refractivity (Wildman–Crippen MR) is 130 cm³/mol. The van der Waals surface area contributed by atoms with E-state index in [-0.39, 0.29) is 0 Å². The standard InChI is InChI=1S/C24H27O3P3/c25-28(22-10-4-1-5-11-22)16-18-29(26,23-12-6-2-7-13-23)20-21-30(27,19-17-28)24-14-8-3-9-15-24/h1-15H,16-21H2. The zero-order valence-corrected chi connectivity index (χ0v) is 19.7. The number of hydrogen-bond donors (Lipinski definition) is 0. The van der Waals surface area contributed by atoms with E-state index >= 15 is 0 Å². The van der Waals surface area contributed by atoms with Crippen LogP contribution in [0.15, 0.2) is 91.0 Å². The molecule has 0 spiro atoms. The van der Waals surface area contributed by atoms with Crippen LogP contribution in [0, 0.1) is 0 Å². The van der Waals surface area contributed by atoms with Gasteiger partial charge in [-0.05, 0) is 0 Å². The summed E-state index contributed by atoms with van der Waals surface area (Å²) in [5.74, 6) is 0. The van der Waals surface area contributed by atoms with Crippen molar-refractivity contribution in [3.63, 3.8) is 0 Å². The largest absolute Gasteiger partial charge is 0.319 e. The average Bonchev–Trinajstić information content (AvgIpc) is 2.86. The smallest absolute Gasteiger partial charge is 0.116 e. The Morgan fingerprint density at radius 3 is 0.767 bits per heavy atom. The third kappa shape index (κ3) is 4.50. The fourth-order valence-electron chi connectivity index (χ4n) is 4.18. The topological polar surface area (TPSA) is 51.2 Å². The van der Waals surface area contributed by atoms with Gasteiger partial charge in [0.2, 0.25) is 0 Å². The van der Waals surface area contributed by atoms with Crippen molar-refractivity contribution >= 4 is 37.3 Å². The minimum absolute atomic E-state index is 0.401. The van der Waals surface area contributed by atoms with Gasteiger partial charge in [0.25, 0.3) is 0 Å². The summed E-state index contributed by atoms with van der Waals surface area (Å²) in [5, 5.41) is 2.43. The maximum atomic E-state index is 14.2. The van der Waals surface area contributed by atoms with Crippen LogP contribution in [-0.4, -0.2) is 37.0 Å². The van der Waals surface area contributed by atoms with Crippen LogP contribution >= 0.6 is 21.4 Å². The second-order valence-corrected chi connectivity index (χ2v) is 17.6. The minimum atomic E-state index is -2.81. The highest BCUT2D eigenvalue weighted by Gasteiger charge is 2.38. The fraction of sp³-hybridized carbons (Fsp3) is 0.250. The van der Waals surface area contributed by atoms with Gasteiger partial charge in [0, 0.05) is 52.9 Å². The van der Waals surface area contributed by atoms with Gasteiger partial charge in [-0.25, -0.2) is 0 Å². The third-order valence-corrected chi connectivity index (χ3v) is 16.6. The zero-order valence-electron chi connectivity index (χ0n) is 17.0. The van der Waals surface area contributed by atoms with Gasteiger partial charge in [0.15, 0.2) is 0 Å². The summed E-state index contributed by atoms with van der Waals surface area (Å²) in [7, 11) is -8.43. The molecule has 0 bridgehead atoms. The Labute approximate surface area is 179 Å². The van der Waals surface area contributed by atoms with Crippen LogP contribution in [-0.2, 0) is 13.7 Å². The number of rotatable bonds is 3. The molecule has 1 aliphatic heterocycles. The molecule has 0 unspecified atom stereocenters. The highest BCUT2D eigenvalue weighted by Crippen LogP contribution is 2.59. The first-order chi connectivity index (χ1) is 14.4. The maximum absolute atomic E-state index is 14.2. The lowest BCUT2D eigenvalue weighted by atomic mass is 10.4. The van der Waals surface area contributed by atoms with Gasteiger partial charge in [0.05, 0.1) is 0 Å². The van der Waals surface area contributed by atoms with Gasteiger partial charge >= 0.3 is 0 Å². The molecule has 1 aliphatic rings. The summed E-state index contributed by atoms with van der Waals surface area (Å²) >= 11 is 0. The summed E-state index contributed by atoms with van der Waals surface area (Å²) in [6.45, 7) is 0. The van der Waals surface area contributed by atoms with Crippen molar-refractivity contribution in [3.8, 4) is 0 Å².